The predicted molar refractivity (Wildman–Crippen MR) is 137 cm³/mol. The Labute approximate surface area is 212 Å². The lowest BCUT2D eigenvalue weighted by atomic mass is 10.1. The van der Waals surface area contributed by atoms with Crippen LogP contribution in [0.15, 0.2) is 42.5 Å². The number of sulfonamides is 1. The lowest BCUT2D eigenvalue weighted by Crippen LogP contribution is -2.55. The molecule has 0 aliphatic rings. The molecule has 10 heteroatoms. The molecule has 0 aliphatic heterocycles. The number of hydrogen-bond acceptors (Lipinski definition) is 4. The number of nitrogens with one attached hydrogen (secondary N) is 1. The minimum Gasteiger partial charge on any atom is -0.350 e. The van der Waals surface area contributed by atoms with Crippen LogP contribution in [0.5, 0.6) is 0 Å². The standard InChI is InChI=1S/C25H33ClFN3O4S/c1-7-21(24(32)28-25(3,4)5)29(15-18-8-11-20(27)12-9-18)23(31)16-30(35(6,33)34)22-13-10-19(26)14-17(22)2/h8-14,21H,7,15-16H2,1-6H3,(H,28,32)/t21-/m0/s1. The van der Waals surface area contributed by atoms with Gasteiger partial charge >= 0.3 is 0 Å². The van der Waals surface area contributed by atoms with E-state index in [9.17, 15) is 22.4 Å². The molecule has 7 nitrogen and oxygen atoms in total. The highest BCUT2D eigenvalue weighted by Crippen LogP contribution is 2.26. The molecule has 0 aliphatic carbocycles. The van der Waals surface area contributed by atoms with Crippen molar-refractivity contribution in [1.29, 1.82) is 0 Å². The Hall–Kier alpha value is -2.65. The van der Waals surface area contributed by atoms with Crippen LogP contribution in [-0.4, -0.2) is 49.5 Å². The second-order valence-electron chi connectivity index (χ2n) is 9.51. The number of anilines is 1. The SMILES string of the molecule is CC[C@@H](C(=O)NC(C)(C)C)N(Cc1ccc(F)cc1)C(=O)CN(c1ccc(Cl)cc1C)S(C)(=O)=O. The zero-order valence-corrected chi connectivity index (χ0v) is 22.5. The summed E-state index contributed by atoms with van der Waals surface area (Å²) in [6.07, 6.45) is 1.32. The number of carbonyl (C=O) groups is 2. The normalized spacial score (nSPS) is 12.7. The minimum atomic E-state index is -3.85. The summed E-state index contributed by atoms with van der Waals surface area (Å²) in [5.41, 5.74) is 0.974. The van der Waals surface area contributed by atoms with Gasteiger partial charge in [0, 0.05) is 17.1 Å². The molecule has 0 radical (unpaired) electrons. The smallest absolute Gasteiger partial charge is 0.244 e. The molecule has 0 saturated heterocycles. The molecule has 0 aromatic heterocycles. The summed E-state index contributed by atoms with van der Waals surface area (Å²) >= 11 is 6.03. The zero-order valence-electron chi connectivity index (χ0n) is 20.9. The first kappa shape index (κ1) is 28.6. The van der Waals surface area contributed by atoms with E-state index >= 15 is 0 Å². The summed E-state index contributed by atoms with van der Waals surface area (Å²) in [6, 6.07) is 9.45. The molecule has 35 heavy (non-hydrogen) atoms. The van der Waals surface area contributed by atoms with Crippen molar-refractivity contribution in [3.63, 3.8) is 0 Å². The average Bonchev–Trinajstić information content (AvgIpc) is 2.71. The van der Waals surface area contributed by atoms with Gasteiger partial charge in [-0.3, -0.25) is 13.9 Å². The fourth-order valence-electron chi connectivity index (χ4n) is 3.65. The van der Waals surface area contributed by atoms with Gasteiger partial charge in [-0.15, -0.1) is 0 Å². The first-order valence-electron chi connectivity index (χ1n) is 11.2. The van der Waals surface area contributed by atoms with Crippen molar-refractivity contribution in [2.45, 2.75) is 59.2 Å². The number of benzene rings is 2. The topological polar surface area (TPSA) is 86.8 Å². The Morgan fingerprint density at radius 2 is 1.71 bits per heavy atom. The van der Waals surface area contributed by atoms with E-state index in [0.717, 1.165) is 10.6 Å². The second-order valence-corrected chi connectivity index (χ2v) is 11.9. The molecule has 0 fully saturated rings. The summed E-state index contributed by atoms with van der Waals surface area (Å²) in [6.45, 7) is 8.46. The highest BCUT2D eigenvalue weighted by molar-refractivity contribution is 7.92. The van der Waals surface area contributed by atoms with E-state index in [4.69, 9.17) is 11.6 Å². The third kappa shape index (κ3) is 8.21. The molecular weight excluding hydrogens is 493 g/mol. The molecule has 1 atom stereocenters. The maximum atomic E-state index is 13.6. The van der Waals surface area contributed by atoms with Crippen molar-refractivity contribution in [3.8, 4) is 0 Å². The first-order chi connectivity index (χ1) is 16.1. The number of nitrogens with zero attached hydrogens (tertiary/aromatic N) is 2. The van der Waals surface area contributed by atoms with E-state index in [0.29, 0.717) is 28.3 Å². The number of aryl methyl sites for hydroxylation is 1. The highest BCUT2D eigenvalue weighted by Gasteiger charge is 2.33. The molecule has 0 spiro atoms. The van der Waals surface area contributed by atoms with Gasteiger partial charge in [0.2, 0.25) is 21.8 Å². The minimum absolute atomic E-state index is 0.00633. The first-order valence-corrected chi connectivity index (χ1v) is 13.4. The number of halogens is 2. The van der Waals surface area contributed by atoms with Gasteiger partial charge in [-0.1, -0.05) is 30.7 Å². The average molecular weight is 526 g/mol. The number of hydrogen-bond donors (Lipinski definition) is 1. The predicted octanol–water partition coefficient (Wildman–Crippen LogP) is 4.28. The van der Waals surface area contributed by atoms with Gasteiger partial charge in [-0.2, -0.15) is 0 Å². The van der Waals surface area contributed by atoms with Crippen molar-refractivity contribution in [3.05, 3.63) is 64.4 Å². The molecule has 1 N–H and O–H groups in total. The van der Waals surface area contributed by atoms with Crippen LogP contribution in [0.4, 0.5) is 10.1 Å². The third-order valence-corrected chi connectivity index (χ3v) is 6.62. The lowest BCUT2D eigenvalue weighted by Gasteiger charge is -2.34. The van der Waals surface area contributed by atoms with Crippen molar-refractivity contribution in [1.82, 2.24) is 10.2 Å². The van der Waals surface area contributed by atoms with Crippen molar-refractivity contribution < 1.29 is 22.4 Å². The van der Waals surface area contributed by atoms with Crippen LogP contribution in [0.2, 0.25) is 5.02 Å². The zero-order chi connectivity index (χ0) is 26.6. The van der Waals surface area contributed by atoms with E-state index in [-0.39, 0.29) is 12.5 Å². The van der Waals surface area contributed by atoms with Crippen LogP contribution < -0.4 is 9.62 Å². The van der Waals surface area contributed by atoms with Crippen LogP contribution in [0.1, 0.15) is 45.2 Å². The number of carbonyl (C=O) groups excluding carboxylic acids is 2. The van der Waals surface area contributed by atoms with Gasteiger partial charge in [0.1, 0.15) is 18.4 Å². The quantitative estimate of drug-likeness (QED) is 0.529. The Balaban J connectivity index is 2.48. The largest absolute Gasteiger partial charge is 0.350 e. The Bertz CT molecular complexity index is 1160. The molecular formula is C25H33ClFN3O4S. The molecule has 2 amide bonds. The molecule has 0 heterocycles. The summed E-state index contributed by atoms with van der Waals surface area (Å²) in [7, 11) is -3.85. The molecule has 2 aromatic carbocycles. The van der Waals surface area contributed by atoms with E-state index in [1.165, 1.54) is 29.2 Å². The fourth-order valence-corrected chi connectivity index (χ4v) is 4.79. The fraction of sp³-hybridized carbons (Fsp3) is 0.440. The summed E-state index contributed by atoms with van der Waals surface area (Å²) < 4.78 is 39.8. The molecule has 0 unspecified atom stereocenters. The maximum Gasteiger partial charge on any atom is 0.244 e. The highest BCUT2D eigenvalue weighted by atomic mass is 35.5. The summed E-state index contributed by atoms with van der Waals surface area (Å²) in [5, 5.41) is 3.33. The Morgan fingerprint density at radius 3 is 2.20 bits per heavy atom. The van der Waals surface area contributed by atoms with Crippen LogP contribution in [0.3, 0.4) is 0 Å². The van der Waals surface area contributed by atoms with Gasteiger partial charge in [0.05, 0.1) is 11.9 Å². The van der Waals surface area contributed by atoms with Gasteiger partial charge in [-0.25, -0.2) is 12.8 Å². The van der Waals surface area contributed by atoms with E-state index < -0.39 is 39.9 Å². The van der Waals surface area contributed by atoms with Crippen LogP contribution in [-0.2, 0) is 26.2 Å². The Morgan fingerprint density at radius 1 is 1.11 bits per heavy atom. The second kappa shape index (κ2) is 11.4. The molecule has 0 saturated carbocycles. The van der Waals surface area contributed by atoms with Crippen molar-refractivity contribution >= 4 is 39.1 Å². The summed E-state index contributed by atoms with van der Waals surface area (Å²) in [5.74, 6) is -1.35. The van der Waals surface area contributed by atoms with Crippen LogP contribution in [0, 0.1) is 12.7 Å². The van der Waals surface area contributed by atoms with Gasteiger partial charge in [-0.05, 0) is 75.6 Å². The van der Waals surface area contributed by atoms with E-state index in [1.54, 1.807) is 32.0 Å². The van der Waals surface area contributed by atoms with Gasteiger partial charge < -0.3 is 10.2 Å². The molecule has 2 rings (SSSR count). The van der Waals surface area contributed by atoms with Crippen molar-refractivity contribution in [2.75, 3.05) is 17.1 Å². The van der Waals surface area contributed by atoms with Crippen LogP contribution in [0.25, 0.3) is 0 Å². The van der Waals surface area contributed by atoms with E-state index in [2.05, 4.69) is 5.32 Å². The van der Waals surface area contributed by atoms with E-state index in [1.807, 2.05) is 20.8 Å². The number of rotatable bonds is 9. The van der Waals surface area contributed by atoms with Gasteiger partial charge in [0.15, 0.2) is 0 Å². The molecule has 2 aromatic rings. The monoisotopic (exact) mass is 525 g/mol. The number of amides is 2. The Kier molecular flexibility index (Phi) is 9.30. The van der Waals surface area contributed by atoms with Crippen LogP contribution >= 0.6 is 11.6 Å². The maximum absolute atomic E-state index is 13.6. The molecule has 192 valence electrons. The lowest BCUT2D eigenvalue weighted by molar-refractivity contribution is -0.141. The van der Waals surface area contributed by atoms with Crippen molar-refractivity contribution in [2.24, 2.45) is 0 Å². The molecule has 0 bridgehead atoms. The third-order valence-electron chi connectivity index (χ3n) is 5.26. The summed E-state index contributed by atoms with van der Waals surface area (Å²) in [4.78, 5) is 28.1. The van der Waals surface area contributed by atoms with Gasteiger partial charge in [0.25, 0.3) is 0 Å².